The molecule has 14 heavy (non-hydrogen) atoms. The summed E-state index contributed by atoms with van der Waals surface area (Å²) in [5.74, 6) is -0.475. The van der Waals surface area contributed by atoms with E-state index in [0.29, 0.717) is 11.3 Å². The molecule has 0 aliphatic rings. The number of hydrogen-bond acceptors (Lipinski definition) is 4. The second-order valence-electron chi connectivity index (χ2n) is 2.80. The van der Waals surface area contributed by atoms with Crippen molar-refractivity contribution in [1.29, 1.82) is 0 Å². The summed E-state index contributed by atoms with van der Waals surface area (Å²) in [6.45, 7) is 1.64. The van der Waals surface area contributed by atoms with Crippen molar-refractivity contribution in [3.63, 3.8) is 0 Å². The van der Waals surface area contributed by atoms with Gasteiger partial charge in [-0.1, -0.05) is 12.1 Å². The first-order chi connectivity index (χ1) is 6.65. The third-order valence-electron chi connectivity index (χ3n) is 1.79. The summed E-state index contributed by atoms with van der Waals surface area (Å²) >= 11 is 0. The van der Waals surface area contributed by atoms with Crippen LogP contribution < -0.4 is 5.73 Å². The van der Waals surface area contributed by atoms with Gasteiger partial charge in [0.2, 0.25) is 0 Å². The summed E-state index contributed by atoms with van der Waals surface area (Å²) in [4.78, 5) is 11.5. The Morgan fingerprint density at radius 2 is 2.07 bits per heavy atom. The fourth-order valence-corrected chi connectivity index (χ4v) is 0.945. The summed E-state index contributed by atoms with van der Waals surface area (Å²) in [7, 11) is 1.46. The molecular weight excluding hydrogens is 182 g/mol. The number of esters is 1. The fourth-order valence-electron chi connectivity index (χ4n) is 0.945. The van der Waals surface area contributed by atoms with Crippen LogP contribution in [0, 0.1) is 0 Å². The molecule has 0 bridgehead atoms. The van der Waals surface area contributed by atoms with Gasteiger partial charge < -0.3 is 15.2 Å². The molecule has 1 aromatic rings. The van der Waals surface area contributed by atoms with Crippen molar-refractivity contribution < 1.29 is 14.3 Å². The highest BCUT2D eigenvalue weighted by atomic mass is 16.7. The van der Waals surface area contributed by atoms with E-state index in [1.165, 1.54) is 7.11 Å². The lowest BCUT2D eigenvalue weighted by atomic mass is 10.2. The first-order valence-electron chi connectivity index (χ1n) is 4.23. The Morgan fingerprint density at radius 3 is 2.64 bits per heavy atom. The van der Waals surface area contributed by atoms with E-state index in [2.05, 4.69) is 0 Å². The first-order valence-corrected chi connectivity index (χ1v) is 4.23. The van der Waals surface area contributed by atoms with Gasteiger partial charge in [0.25, 0.3) is 0 Å². The van der Waals surface area contributed by atoms with E-state index in [1.54, 1.807) is 31.2 Å². The Kier molecular flexibility index (Phi) is 3.48. The minimum atomic E-state index is -0.567. The quantitative estimate of drug-likeness (QED) is 0.450. The molecule has 0 aromatic heterocycles. The van der Waals surface area contributed by atoms with Crippen LogP contribution in [0.3, 0.4) is 0 Å². The molecule has 4 nitrogen and oxygen atoms in total. The molecule has 1 unspecified atom stereocenters. The van der Waals surface area contributed by atoms with Gasteiger partial charge in [0.05, 0.1) is 5.56 Å². The maximum absolute atomic E-state index is 11.5. The molecule has 0 aliphatic heterocycles. The van der Waals surface area contributed by atoms with Gasteiger partial charge in [0.15, 0.2) is 6.29 Å². The van der Waals surface area contributed by atoms with Crippen molar-refractivity contribution >= 4 is 11.7 Å². The number of rotatable bonds is 3. The lowest BCUT2D eigenvalue weighted by Crippen LogP contribution is -2.17. The number of methoxy groups -OCH3 is 1. The third-order valence-corrected chi connectivity index (χ3v) is 1.79. The highest BCUT2D eigenvalue weighted by Gasteiger charge is 2.13. The zero-order valence-corrected chi connectivity index (χ0v) is 8.19. The van der Waals surface area contributed by atoms with Crippen LogP contribution in [0.4, 0.5) is 5.69 Å². The molecule has 0 aliphatic carbocycles. The van der Waals surface area contributed by atoms with Crippen molar-refractivity contribution in [2.45, 2.75) is 13.2 Å². The molecule has 0 heterocycles. The van der Waals surface area contributed by atoms with E-state index in [0.717, 1.165) is 0 Å². The van der Waals surface area contributed by atoms with E-state index in [4.69, 9.17) is 15.2 Å². The second-order valence-corrected chi connectivity index (χ2v) is 2.80. The molecule has 76 valence electrons. The van der Waals surface area contributed by atoms with Crippen LogP contribution >= 0.6 is 0 Å². The number of carbonyl (C=O) groups is 1. The Morgan fingerprint density at radius 1 is 1.43 bits per heavy atom. The SMILES string of the molecule is COC(C)OC(=O)c1ccccc1N. The number of nitrogens with two attached hydrogens (primary N) is 1. The van der Waals surface area contributed by atoms with Crippen LogP contribution in [0.5, 0.6) is 0 Å². The number of para-hydroxylation sites is 1. The highest BCUT2D eigenvalue weighted by Crippen LogP contribution is 2.12. The Bertz CT molecular complexity index is 325. The van der Waals surface area contributed by atoms with Gasteiger partial charge >= 0.3 is 5.97 Å². The van der Waals surface area contributed by atoms with E-state index in [-0.39, 0.29) is 0 Å². The van der Waals surface area contributed by atoms with Gasteiger partial charge in [0.1, 0.15) is 0 Å². The van der Waals surface area contributed by atoms with Crippen LogP contribution in [0.2, 0.25) is 0 Å². The average Bonchev–Trinajstić information content (AvgIpc) is 2.18. The summed E-state index contributed by atoms with van der Waals surface area (Å²) in [5.41, 5.74) is 6.36. The number of ether oxygens (including phenoxy) is 2. The Labute approximate surface area is 82.6 Å². The molecule has 1 atom stereocenters. The standard InChI is InChI=1S/C10H13NO3/c1-7(13-2)14-10(12)8-5-3-4-6-9(8)11/h3-7H,11H2,1-2H3. The van der Waals surface area contributed by atoms with Crippen molar-refractivity contribution in [3.05, 3.63) is 29.8 Å². The van der Waals surface area contributed by atoms with Crippen molar-refractivity contribution in [2.24, 2.45) is 0 Å². The Balaban J connectivity index is 2.75. The van der Waals surface area contributed by atoms with E-state index in [1.807, 2.05) is 0 Å². The summed E-state index contributed by atoms with van der Waals surface area (Å²) in [6.07, 6.45) is -0.567. The minimum absolute atomic E-state index is 0.358. The topological polar surface area (TPSA) is 61.5 Å². The zero-order chi connectivity index (χ0) is 10.6. The van der Waals surface area contributed by atoms with Crippen molar-refractivity contribution in [1.82, 2.24) is 0 Å². The molecule has 0 amide bonds. The smallest absolute Gasteiger partial charge is 0.342 e. The minimum Gasteiger partial charge on any atom is -0.432 e. The molecule has 2 N–H and O–H groups in total. The molecule has 0 fully saturated rings. The van der Waals surface area contributed by atoms with Gasteiger partial charge in [-0.3, -0.25) is 0 Å². The lowest BCUT2D eigenvalue weighted by Gasteiger charge is -2.11. The summed E-state index contributed by atoms with van der Waals surface area (Å²) < 4.78 is 9.72. The van der Waals surface area contributed by atoms with Crippen LogP contribution in [-0.2, 0) is 9.47 Å². The maximum Gasteiger partial charge on any atom is 0.342 e. The predicted octanol–water partition coefficient (Wildman–Crippen LogP) is 1.42. The summed E-state index contributed by atoms with van der Waals surface area (Å²) in [6, 6.07) is 6.74. The predicted molar refractivity (Wildman–Crippen MR) is 52.7 cm³/mol. The molecular formula is C10H13NO3. The molecule has 1 aromatic carbocycles. The third kappa shape index (κ3) is 2.47. The van der Waals surface area contributed by atoms with Gasteiger partial charge in [-0.05, 0) is 19.1 Å². The second kappa shape index (κ2) is 4.62. The molecule has 0 radical (unpaired) electrons. The number of benzene rings is 1. The molecule has 0 spiro atoms. The average molecular weight is 195 g/mol. The fraction of sp³-hybridized carbons (Fsp3) is 0.300. The number of anilines is 1. The van der Waals surface area contributed by atoms with Crippen molar-refractivity contribution in [2.75, 3.05) is 12.8 Å². The van der Waals surface area contributed by atoms with E-state index in [9.17, 15) is 4.79 Å². The van der Waals surface area contributed by atoms with Gasteiger partial charge in [0, 0.05) is 12.8 Å². The maximum atomic E-state index is 11.5. The van der Waals surface area contributed by atoms with Gasteiger partial charge in [-0.25, -0.2) is 4.79 Å². The molecule has 0 saturated carbocycles. The lowest BCUT2D eigenvalue weighted by molar-refractivity contribution is -0.0772. The number of nitrogen functional groups attached to an aromatic ring is 1. The highest BCUT2D eigenvalue weighted by molar-refractivity contribution is 5.94. The monoisotopic (exact) mass is 195 g/mol. The largest absolute Gasteiger partial charge is 0.432 e. The van der Waals surface area contributed by atoms with Crippen LogP contribution in [0.25, 0.3) is 0 Å². The first kappa shape index (κ1) is 10.5. The van der Waals surface area contributed by atoms with Crippen molar-refractivity contribution in [3.8, 4) is 0 Å². The molecule has 1 rings (SSSR count). The normalized spacial score (nSPS) is 12.1. The van der Waals surface area contributed by atoms with Gasteiger partial charge in [-0.2, -0.15) is 0 Å². The van der Waals surface area contributed by atoms with Gasteiger partial charge in [-0.15, -0.1) is 0 Å². The zero-order valence-electron chi connectivity index (χ0n) is 8.19. The van der Waals surface area contributed by atoms with E-state index >= 15 is 0 Å². The van der Waals surface area contributed by atoms with Crippen LogP contribution in [0.15, 0.2) is 24.3 Å². The Hall–Kier alpha value is -1.55. The number of carbonyl (C=O) groups excluding carboxylic acids is 1. The number of hydrogen-bond donors (Lipinski definition) is 1. The molecule has 0 saturated heterocycles. The van der Waals surface area contributed by atoms with Crippen LogP contribution in [0.1, 0.15) is 17.3 Å². The summed E-state index contributed by atoms with van der Waals surface area (Å²) in [5, 5.41) is 0. The molecule has 4 heteroatoms. The van der Waals surface area contributed by atoms with Crippen LogP contribution in [-0.4, -0.2) is 19.4 Å². The van der Waals surface area contributed by atoms with E-state index < -0.39 is 12.3 Å².